The van der Waals surface area contributed by atoms with E-state index in [-0.39, 0.29) is 5.91 Å². The highest BCUT2D eigenvalue weighted by atomic mass is 16.5. The van der Waals surface area contributed by atoms with Gasteiger partial charge >= 0.3 is 0 Å². The minimum absolute atomic E-state index is 0.0791. The van der Waals surface area contributed by atoms with Crippen LogP contribution in [0.5, 0.6) is 5.75 Å². The highest BCUT2D eigenvalue weighted by Crippen LogP contribution is 2.26. The maximum atomic E-state index is 11.9. The molecule has 0 aliphatic carbocycles. The molecule has 0 spiro atoms. The summed E-state index contributed by atoms with van der Waals surface area (Å²) in [5, 5.41) is 3.14. The Kier molecular flexibility index (Phi) is 5.49. The monoisotopic (exact) mass is 236 g/mol. The van der Waals surface area contributed by atoms with Crippen molar-refractivity contribution in [3.63, 3.8) is 0 Å². The molecule has 1 aromatic carbocycles. The number of carbonyl (C=O) groups excluding carboxylic acids is 1. The number of ether oxygens (including phenoxy) is 1. The van der Waals surface area contributed by atoms with Crippen molar-refractivity contribution in [2.75, 3.05) is 32.1 Å². The van der Waals surface area contributed by atoms with E-state index in [0.29, 0.717) is 18.7 Å². The zero-order valence-corrected chi connectivity index (χ0v) is 10.7. The van der Waals surface area contributed by atoms with Crippen molar-refractivity contribution < 1.29 is 9.53 Å². The van der Waals surface area contributed by atoms with Crippen molar-refractivity contribution in [1.29, 1.82) is 0 Å². The van der Waals surface area contributed by atoms with Crippen LogP contribution in [0.15, 0.2) is 24.3 Å². The van der Waals surface area contributed by atoms with Gasteiger partial charge in [-0.2, -0.15) is 0 Å². The van der Waals surface area contributed by atoms with Crippen LogP contribution in [0.3, 0.4) is 0 Å². The van der Waals surface area contributed by atoms with Crippen LogP contribution < -0.4 is 15.0 Å². The van der Waals surface area contributed by atoms with E-state index in [1.807, 2.05) is 31.2 Å². The van der Waals surface area contributed by atoms with Crippen molar-refractivity contribution in [2.45, 2.75) is 13.3 Å². The number of methoxy groups -OCH3 is 1. The molecule has 0 fully saturated rings. The molecule has 0 bridgehead atoms. The van der Waals surface area contributed by atoms with Gasteiger partial charge in [0, 0.05) is 20.0 Å². The predicted octanol–water partition coefficient (Wildman–Crippen LogP) is 1.66. The Hall–Kier alpha value is -1.55. The Morgan fingerprint density at radius 2 is 2.12 bits per heavy atom. The number of anilines is 1. The fourth-order valence-corrected chi connectivity index (χ4v) is 1.58. The van der Waals surface area contributed by atoms with E-state index < -0.39 is 0 Å². The van der Waals surface area contributed by atoms with E-state index in [9.17, 15) is 4.79 Å². The first-order valence-electron chi connectivity index (χ1n) is 5.81. The minimum atomic E-state index is 0.0791. The van der Waals surface area contributed by atoms with Gasteiger partial charge in [-0.1, -0.05) is 19.1 Å². The third kappa shape index (κ3) is 3.75. The quantitative estimate of drug-likeness (QED) is 0.764. The molecule has 1 N–H and O–H groups in total. The lowest BCUT2D eigenvalue weighted by molar-refractivity contribution is -0.118. The van der Waals surface area contributed by atoms with Gasteiger partial charge in [-0.3, -0.25) is 4.79 Å². The lowest BCUT2D eigenvalue weighted by Crippen LogP contribution is -2.29. The van der Waals surface area contributed by atoms with Gasteiger partial charge in [-0.25, -0.2) is 0 Å². The first kappa shape index (κ1) is 13.5. The van der Waals surface area contributed by atoms with Crippen LogP contribution in [0.2, 0.25) is 0 Å². The van der Waals surface area contributed by atoms with Crippen LogP contribution >= 0.6 is 0 Å². The summed E-state index contributed by atoms with van der Waals surface area (Å²) < 4.78 is 5.23. The van der Waals surface area contributed by atoms with Crippen LogP contribution in [-0.4, -0.2) is 33.2 Å². The second kappa shape index (κ2) is 6.91. The number of para-hydroxylation sites is 2. The molecule has 0 unspecified atom stereocenters. The number of amides is 1. The number of carbonyl (C=O) groups is 1. The summed E-state index contributed by atoms with van der Waals surface area (Å²) in [6, 6.07) is 7.51. The summed E-state index contributed by atoms with van der Waals surface area (Å²) in [6.07, 6.45) is 0.488. The Bertz CT molecular complexity index is 366. The average molecular weight is 236 g/mol. The van der Waals surface area contributed by atoms with Gasteiger partial charge in [0.25, 0.3) is 0 Å². The van der Waals surface area contributed by atoms with Gasteiger partial charge in [-0.15, -0.1) is 0 Å². The summed E-state index contributed by atoms with van der Waals surface area (Å²) in [5.74, 6) is 0.794. The topological polar surface area (TPSA) is 41.6 Å². The van der Waals surface area contributed by atoms with Crippen LogP contribution in [0, 0.1) is 0 Å². The zero-order valence-electron chi connectivity index (χ0n) is 10.7. The van der Waals surface area contributed by atoms with Gasteiger partial charge in [-0.05, 0) is 18.7 Å². The Morgan fingerprint density at radius 3 is 2.76 bits per heavy atom. The fourth-order valence-electron chi connectivity index (χ4n) is 1.58. The molecule has 1 aromatic rings. The lowest BCUT2D eigenvalue weighted by Gasteiger charge is -2.19. The van der Waals surface area contributed by atoms with E-state index >= 15 is 0 Å². The van der Waals surface area contributed by atoms with Gasteiger partial charge in [0.1, 0.15) is 5.75 Å². The molecule has 0 heterocycles. The molecular weight excluding hydrogens is 216 g/mol. The molecule has 0 atom stereocenters. The molecular formula is C13H20N2O2. The van der Waals surface area contributed by atoms with E-state index in [2.05, 4.69) is 5.32 Å². The molecule has 0 aliphatic rings. The van der Waals surface area contributed by atoms with Crippen molar-refractivity contribution in [3.05, 3.63) is 24.3 Å². The smallest absolute Gasteiger partial charge is 0.228 e. The summed E-state index contributed by atoms with van der Waals surface area (Å²) in [7, 11) is 3.38. The molecule has 0 saturated heterocycles. The number of nitrogens with zero attached hydrogens (tertiary/aromatic N) is 1. The van der Waals surface area contributed by atoms with E-state index in [1.54, 1.807) is 19.1 Å². The average Bonchev–Trinajstić information content (AvgIpc) is 2.38. The normalized spacial score (nSPS) is 10.1. The number of rotatable bonds is 6. The first-order chi connectivity index (χ1) is 8.20. The molecule has 4 heteroatoms. The molecule has 0 saturated carbocycles. The van der Waals surface area contributed by atoms with Gasteiger partial charge in [0.05, 0.1) is 12.8 Å². The molecule has 1 rings (SSSR count). The number of benzene rings is 1. The summed E-state index contributed by atoms with van der Waals surface area (Å²) in [4.78, 5) is 13.6. The van der Waals surface area contributed by atoms with Crippen LogP contribution in [0.25, 0.3) is 0 Å². The van der Waals surface area contributed by atoms with Crippen LogP contribution in [0.1, 0.15) is 13.3 Å². The Labute approximate surface area is 103 Å². The largest absolute Gasteiger partial charge is 0.495 e. The van der Waals surface area contributed by atoms with E-state index in [1.165, 1.54) is 0 Å². The van der Waals surface area contributed by atoms with E-state index in [4.69, 9.17) is 4.74 Å². The van der Waals surface area contributed by atoms with Crippen molar-refractivity contribution in [1.82, 2.24) is 5.32 Å². The third-order valence-electron chi connectivity index (χ3n) is 2.59. The molecule has 4 nitrogen and oxygen atoms in total. The molecule has 0 aliphatic heterocycles. The van der Waals surface area contributed by atoms with E-state index in [0.717, 1.165) is 12.2 Å². The van der Waals surface area contributed by atoms with Crippen LogP contribution in [0.4, 0.5) is 5.69 Å². The maximum absolute atomic E-state index is 11.9. The highest BCUT2D eigenvalue weighted by molar-refractivity contribution is 5.94. The second-order valence-electron chi connectivity index (χ2n) is 3.73. The van der Waals surface area contributed by atoms with Crippen LogP contribution in [-0.2, 0) is 4.79 Å². The molecule has 0 aromatic heterocycles. The van der Waals surface area contributed by atoms with Crippen molar-refractivity contribution in [3.8, 4) is 5.75 Å². The Balaban J connectivity index is 2.67. The van der Waals surface area contributed by atoms with Crippen molar-refractivity contribution >= 4 is 11.6 Å². The first-order valence-corrected chi connectivity index (χ1v) is 5.81. The van der Waals surface area contributed by atoms with Gasteiger partial charge < -0.3 is 15.0 Å². The highest BCUT2D eigenvalue weighted by Gasteiger charge is 2.13. The summed E-state index contributed by atoms with van der Waals surface area (Å²) >= 11 is 0. The SMILES string of the molecule is CCNCCC(=O)N(C)c1ccccc1OC. The summed E-state index contributed by atoms with van der Waals surface area (Å²) in [5.41, 5.74) is 0.802. The number of nitrogens with one attached hydrogen (secondary N) is 1. The molecule has 1 amide bonds. The Morgan fingerprint density at radius 1 is 1.41 bits per heavy atom. The number of hydrogen-bond donors (Lipinski definition) is 1. The summed E-state index contributed by atoms with van der Waals surface area (Å²) in [6.45, 7) is 3.61. The molecule has 94 valence electrons. The zero-order chi connectivity index (χ0) is 12.7. The lowest BCUT2D eigenvalue weighted by atomic mass is 10.2. The second-order valence-corrected chi connectivity index (χ2v) is 3.73. The van der Waals surface area contributed by atoms with Gasteiger partial charge in [0.15, 0.2) is 0 Å². The molecule has 17 heavy (non-hydrogen) atoms. The van der Waals surface area contributed by atoms with Crippen molar-refractivity contribution in [2.24, 2.45) is 0 Å². The molecule has 0 radical (unpaired) electrons. The predicted molar refractivity (Wildman–Crippen MR) is 69.6 cm³/mol. The van der Waals surface area contributed by atoms with Gasteiger partial charge in [0.2, 0.25) is 5.91 Å². The number of hydrogen-bond acceptors (Lipinski definition) is 3. The minimum Gasteiger partial charge on any atom is -0.495 e. The maximum Gasteiger partial charge on any atom is 0.228 e. The third-order valence-corrected chi connectivity index (χ3v) is 2.59. The standard InChI is InChI=1S/C13H20N2O2/c1-4-14-10-9-13(16)15(2)11-7-5-6-8-12(11)17-3/h5-8,14H,4,9-10H2,1-3H3. The fraction of sp³-hybridized carbons (Fsp3) is 0.462.